The number of carbonyl (C=O) groups is 1. The standard InChI is InChI=1S/C11H14F2N2O/c1-6(2)15-11(16)8-4-7(3)9(10(12)13)14-5-8/h4-6,10H,1-3H3,(H,15,16). The fourth-order valence-electron chi connectivity index (χ4n) is 1.28. The van der Waals surface area contributed by atoms with Crippen molar-refractivity contribution in [1.29, 1.82) is 0 Å². The van der Waals surface area contributed by atoms with E-state index < -0.39 is 6.43 Å². The van der Waals surface area contributed by atoms with Gasteiger partial charge >= 0.3 is 0 Å². The zero-order valence-electron chi connectivity index (χ0n) is 9.42. The molecule has 0 atom stereocenters. The highest BCUT2D eigenvalue weighted by Crippen LogP contribution is 2.20. The lowest BCUT2D eigenvalue weighted by Gasteiger charge is -2.09. The molecule has 16 heavy (non-hydrogen) atoms. The number of nitrogens with one attached hydrogen (secondary N) is 1. The molecular weight excluding hydrogens is 214 g/mol. The smallest absolute Gasteiger partial charge is 0.280 e. The first kappa shape index (κ1) is 12.5. The number of rotatable bonds is 3. The molecule has 0 fully saturated rings. The molecule has 0 radical (unpaired) electrons. The van der Waals surface area contributed by atoms with Crippen LogP contribution in [0.15, 0.2) is 12.3 Å². The number of amides is 1. The molecule has 0 unspecified atom stereocenters. The van der Waals surface area contributed by atoms with E-state index in [-0.39, 0.29) is 17.6 Å². The molecule has 1 N–H and O–H groups in total. The molecule has 0 bridgehead atoms. The van der Waals surface area contributed by atoms with Crippen molar-refractivity contribution < 1.29 is 13.6 Å². The van der Waals surface area contributed by atoms with E-state index in [9.17, 15) is 13.6 Å². The lowest BCUT2D eigenvalue weighted by Crippen LogP contribution is -2.30. The van der Waals surface area contributed by atoms with E-state index in [4.69, 9.17) is 0 Å². The van der Waals surface area contributed by atoms with Crippen molar-refractivity contribution in [2.24, 2.45) is 0 Å². The van der Waals surface area contributed by atoms with Crippen molar-refractivity contribution in [3.63, 3.8) is 0 Å². The summed E-state index contributed by atoms with van der Waals surface area (Å²) < 4.78 is 24.8. The van der Waals surface area contributed by atoms with Crippen LogP contribution in [-0.4, -0.2) is 16.9 Å². The summed E-state index contributed by atoms with van der Waals surface area (Å²) in [6.45, 7) is 5.16. The minimum absolute atomic E-state index is 0.00239. The fourth-order valence-corrected chi connectivity index (χ4v) is 1.28. The molecule has 1 rings (SSSR count). The van der Waals surface area contributed by atoms with E-state index in [1.807, 2.05) is 13.8 Å². The first-order chi connectivity index (χ1) is 7.41. The summed E-state index contributed by atoms with van der Waals surface area (Å²) in [5.41, 5.74) is 0.350. The van der Waals surface area contributed by atoms with Gasteiger partial charge in [-0.25, -0.2) is 8.78 Å². The maximum Gasteiger partial charge on any atom is 0.280 e. The highest BCUT2D eigenvalue weighted by molar-refractivity contribution is 5.94. The number of hydrogen-bond donors (Lipinski definition) is 1. The Balaban J connectivity index is 2.93. The normalized spacial score (nSPS) is 10.9. The predicted molar refractivity (Wildman–Crippen MR) is 56.5 cm³/mol. The summed E-state index contributed by atoms with van der Waals surface area (Å²) >= 11 is 0. The molecule has 1 heterocycles. The van der Waals surface area contributed by atoms with Gasteiger partial charge in [-0.15, -0.1) is 0 Å². The van der Waals surface area contributed by atoms with E-state index in [2.05, 4.69) is 10.3 Å². The Labute approximate surface area is 92.9 Å². The number of nitrogens with zero attached hydrogens (tertiary/aromatic N) is 1. The van der Waals surface area contributed by atoms with Gasteiger partial charge in [-0.3, -0.25) is 9.78 Å². The average molecular weight is 228 g/mol. The molecule has 0 saturated carbocycles. The Morgan fingerprint density at radius 3 is 2.50 bits per heavy atom. The van der Waals surface area contributed by atoms with Crippen molar-refractivity contribution in [2.75, 3.05) is 0 Å². The Hall–Kier alpha value is -1.52. The SMILES string of the molecule is Cc1cc(C(=O)NC(C)C)cnc1C(F)F. The number of pyridine rings is 1. The Bertz CT molecular complexity index is 392. The molecule has 0 aliphatic carbocycles. The Kier molecular flexibility index (Phi) is 3.93. The first-order valence-electron chi connectivity index (χ1n) is 4.97. The van der Waals surface area contributed by atoms with E-state index in [1.165, 1.54) is 19.2 Å². The van der Waals surface area contributed by atoms with Gasteiger partial charge in [0.2, 0.25) is 0 Å². The summed E-state index contributed by atoms with van der Waals surface area (Å²) in [5.74, 6) is -0.300. The van der Waals surface area contributed by atoms with Crippen LogP contribution in [-0.2, 0) is 0 Å². The van der Waals surface area contributed by atoms with Gasteiger partial charge in [-0.05, 0) is 32.4 Å². The maximum atomic E-state index is 12.4. The molecule has 0 aliphatic rings. The average Bonchev–Trinajstić information content (AvgIpc) is 2.15. The third kappa shape index (κ3) is 2.98. The van der Waals surface area contributed by atoms with Crippen molar-refractivity contribution in [3.8, 4) is 0 Å². The number of carbonyl (C=O) groups excluding carboxylic acids is 1. The largest absolute Gasteiger partial charge is 0.350 e. The summed E-state index contributed by atoms with van der Waals surface area (Å²) in [6.07, 6.45) is -1.44. The van der Waals surface area contributed by atoms with Crippen molar-refractivity contribution in [3.05, 3.63) is 29.1 Å². The second-order valence-corrected chi connectivity index (χ2v) is 3.85. The van der Waals surface area contributed by atoms with Gasteiger partial charge in [0.1, 0.15) is 5.69 Å². The van der Waals surface area contributed by atoms with Gasteiger partial charge in [0.25, 0.3) is 12.3 Å². The van der Waals surface area contributed by atoms with Gasteiger partial charge in [-0.2, -0.15) is 0 Å². The number of aryl methyl sites for hydroxylation is 1. The predicted octanol–water partition coefficient (Wildman–Crippen LogP) is 2.47. The quantitative estimate of drug-likeness (QED) is 0.863. The molecule has 1 amide bonds. The number of hydrogen-bond acceptors (Lipinski definition) is 2. The molecule has 88 valence electrons. The summed E-state index contributed by atoms with van der Waals surface area (Å²) in [5, 5.41) is 2.67. The van der Waals surface area contributed by atoms with E-state index >= 15 is 0 Å². The van der Waals surface area contributed by atoms with Crippen LogP contribution in [0.2, 0.25) is 0 Å². The van der Waals surface area contributed by atoms with Crippen LogP contribution in [0.4, 0.5) is 8.78 Å². The summed E-state index contributed by atoms with van der Waals surface area (Å²) in [7, 11) is 0. The Morgan fingerprint density at radius 2 is 2.06 bits per heavy atom. The van der Waals surface area contributed by atoms with E-state index in [0.29, 0.717) is 11.1 Å². The Morgan fingerprint density at radius 1 is 1.44 bits per heavy atom. The van der Waals surface area contributed by atoms with Crippen molar-refractivity contribution in [2.45, 2.75) is 33.2 Å². The lowest BCUT2D eigenvalue weighted by molar-refractivity contribution is 0.0941. The monoisotopic (exact) mass is 228 g/mol. The van der Waals surface area contributed by atoms with Gasteiger partial charge < -0.3 is 5.32 Å². The van der Waals surface area contributed by atoms with Gasteiger partial charge in [0.15, 0.2) is 0 Å². The summed E-state index contributed by atoms with van der Waals surface area (Å²) in [4.78, 5) is 15.1. The van der Waals surface area contributed by atoms with E-state index in [0.717, 1.165) is 0 Å². The van der Waals surface area contributed by atoms with Crippen LogP contribution < -0.4 is 5.32 Å². The van der Waals surface area contributed by atoms with Crippen LogP contribution >= 0.6 is 0 Å². The maximum absolute atomic E-state index is 12.4. The molecule has 0 spiro atoms. The molecule has 1 aromatic rings. The molecule has 5 heteroatoms. The highest BCUT2D eigenvalue weighted by atomic mass is 19.3. The molecule has 0 aliphatic heterocycles. The third-order valence-corrected chi connectivity index (χ3v) is 2.01. The molecule has 0 aromatic carbocycles. The highest BCUT2D eigenvalue weighted by Gasteiger charge is 2.15. The fraction of sp³-hybridized carbons (Fsp3) is 0.455. The second kappa shape index (κ2) is 5.01. The van der Waals surface area contributed by atoms with Gasteiger partial charge in [0, 0.05) is 12.2 Å². The number of halogens is 2. The van der Waals surface area contributed by atoms with Gasteiger partial charge in [-0.1, -0.05) is 0 Å². The first-order valence-corrected chi connectivity index (χ1v) is 4.97. The van der Waals surface area contributed by atoms with Crippen molar-refractivity contribution in [1.82, 2.24) is 10.3 Å². The molecule has 1 aromatic heterocycles. The van der Waals surface area contributed by atoms with Crippen LogP contribution in [0.3, 0.4) is 0 Å². The van der Waals surface area contributed by atoms with Crippen LogP contribution in [0, 0.1) is 6.92 Å². The topological polar surface area (TPSA) is 42.0 Å². The minimum Gasteiger partial charge on any atom is -0.350 e. The van der Waals surface area contributed by atoms with Crippen LogP contribution in [0.25, 0.3) is 0 Å². The molecular formula is C11H14F2N2O. The van der Waals surface area contributed by atoms with Crippen LogP contribution in [0.1, 0.15) is 41.9 Å². The molecule has 3 nitrogen and oxygen atoms in total. The zero-order chi connectivity index (χ0) is 12.3. The summed E-state index contributed by atoms with van der Waals surface area (Å²) in [6, 6.07) is 1.43. The van der Waals surface area contributed by atoms with Crippen molar-refractivity contribution >= 4 is 5.91 Å². The zero-order valence-corrected chi connectivity index (χ0v) is 9.42. The molecule has 0 saturated heterocycles. The number of aromatic nitrogens is 1. The van der Waals surface area contributed by atoms with Gasteiger partial charge in [0.05, 0.1) is 5.56 Å². The van der Waals surface area contributed by atoms with Crippen LogP contribution in [0.5, 0.6) is 0 Å². The third-order valence-electron chi connectivity index (χ3n) is 2.01. The second-order valence-electron chi connectivity index (χ2n) is 3.85. The minimum atomic E-state index is -2.61. The number of alkyl halides is 2. The lowest BCUT2D eigenvalue weighted by atomic mass is 10.1. The van der Waals surface area contributed by atoms with E-state index in [1.54, 1.807) is 0 Å².